The Hall–Kier alpha value is -2.44. The van der Waals surface area contributed by atoms with Crippen LogP contribution in [0, 0.1) is 12.7 Å². The summed E-state index contributed by atoms with van der Waals surface area (Å²) in [5.74, 6) is -0.0479. The zero-order valence-corrected chi connectivity index (χ0v) is 16.2. The number of carbonyl (C=O) groups is 2. The van der Waals surface area contributed by atoms with Crippen LogP contribution in [-0.4, -0.2) is 35.7 Å². The van der Waals surface area contributed by atoms with E-state index in [1.54, 1.807) is 36.7 Å². The average Bonchev–Trinajstić information content (AvgIpc) is 2.93. The van der Waals surface area contributed by atoms with Gasteiger partial charge in [-0.3, -0.25) is 19.6 Å². The first kappa shape index (κ1) is 22.6. The molecule has 0 spiro atoms. The van der Waals surface area contributed by atoms with Crippen molar-refractivity contribution in [2.24, 2.45) is 7.05 Å². The number of hydrogen-bond donors (Lipinski definition) is 1. The summed E-state index contributed by atoms with van der Waals surface area (Å²) in [5.41, 5.74) is 1.39. The SMILES string of the molecule is CC.CC.Cc1cc2c(cc1F)c(N(C)CCC(=O)NC=O)nn2C. The fourth-order valence-electron chi connectivity index (χ4n) is 2.16. The molecule has 0 atom stereocenters. The third-order valence-electron chi connectivity index (χ3n) is 3.37. The van der Waals surface area contributed by atoms with Gasteiger partial charge in [0.15, 0.2) is 5.82 Å². The number of rotatable bonds is 5. The number of fused-ring (bicyclic) bond motifs is 1. The fourth-order valence-corrected chi connectivity index (χ4v) is 2.16. The summed E-state index contributed by atoms with van der Waals surface area (Å²) >= 11 is 0. The molecule has 0 saturated heterocycles. The highest BCUT2D eigenvalue weighted by molar-refractivity contribution is 5.91. The molecular formula is C18H29FN4O2. The lowest BCUT2D eigenvalue weighted by atomic mass is 10.1. The monoisotopic (exact) mass is 352 g/mol. The Morgan fingerprint density at radius 1 is 1.32 bits per heavy atom. The van der Waals surface area contributed by atoms with Crippen LogP contribution >= 0.6 is 0 Å². The van der Waals surface area contributed by atoms with E-state index in [0.29, 0.717) is 29.7 Å². The molecule has 1 N–H and O–H groups in total. The number of nitrogens with one attached hydrogen (secondary N) is 1. The first-order valence-corrected chi connectivity index (χ1v) is 8.51. The van der Waals surface area contributed by atoms with Gasteiger partial charge in [0.05, 0.1) is 5.52 Å². The molecular weight excluding hydrogens is 323 g/mol. The van der Waals surface area contributed by atoms with Gasteiger partial charge in [0.1, 0.15) is 5.82 Å². The van der Waals surface area contributed by atoms with Crippen LogP contribution in [0.2, 0.25) is 0 Å². The van der Waals surface area contributed by atoms with Gasteiger partial charge in [0.25, 0.3) is 0 Å². The van der Waals surface area contributed by atoms with E-state index in [1.807, 2.05) is 27.7 Å². The molecule has 0 radical (unpaired) electrons. The number of imide groups is 1. The van der Waals surface area contributed by atoms with Crippen molar-refractivity contribution in [2.75, 3.05) is 18.5 Å². The second-order valence-corrected chi connectivity index (χ2v) is 4.92. The van der Waals surface area contributed by atoms with E-state index < -0.39 is 0 Å². The Morgan fingerprint density at radius 3 is 2.48 bits per heavy atom. The molecule has 25 heavy (non-hydrogen) atoms. The molecule has 0 fully saturated rings. The second kappa shape index (κ2) is 11.2. The lowest BCUT2D eigenvalue weighted by Crippen LogP contribution is -2.28. The Labute approximate surface area is 149 Å². The van der Waals surface area contributed by atoms with Gasteiger partial charge >= 0.3 is 0 Å². The maximum atomic E-state index is 13.8. The number of amides is 2. The Morgan fingerprint density at radius 2 is 1.92 bits per heavy atom. The highest BCUT2D eigenvalue weighted by Gasteiger charge is 2.15. The standard InChI is InChI=1S/C14H17FN4O2.2C2H6/c1-9-6-12-10(7-11(9)15)14(17-19(12)3)18(2)5-4-13(21)16-8-20;2*1-2/h6-8H,4-5H2,1-3H3,(H,16,20,21);2*1-2H3. The topological polar surface area (TPSA) is 67.2 Å². The van der Waals surface area contributed by atoms with Crippen LogP contribution in [-0.2, 0) is 16.6 Å². The smallest absolute Gasteiger partial charge is 0.228 e. The van der Waals surface area contributed by atoms with E-state index in [2.05, 4.69) is 10.4 Å². The highest BCUT2D eigenvalue weighted by atomic mass is 19.1. The quantitative estimate of drug-likeness (QED) is 0.839. The van der Waals surface area contributed by atoms with Gasteiger partial charge in [0.2, 0.25) is 12.3 Å². The van der Waals surface area contributed by atoms with Crippen molar-refractivity contribution < 1.29 is 14.0 Å². The summed E-state index contributed by atoms with van der Waals surface area (Å²) in [5, 5.41) is 7.14. The zero-order valence-electron chi connectivity index (χ0n) is 16.2. The van der Waals surface area contributed by atoms with Crippen LogP contribution in [0.15, 0.2) is 12.1 Å². The van der Waals surface area contributed by atoms with E-state index in [0.717, 1.165) is 5.52 Å². The predicted molar refractivity (Wildman–Crippen MR) is 100 cm³/mol. The van der Waals surface area contributed by atoms with Gasteiger partial charge in [-0.1, -0.05) is 27.7 Å². The average molecular weight is 352 g/mol. The number of aryl methyl sites for hydroxylation is 2. The zero-order chi connectivity index (χ0) is 19.6. The van der Waals surface area contributed by atoms with Gasteiger partial charge in [-0.2, -0.15) is 5.10 Å². The van der Waals surface area contributed by atoms with E-state index in [-0.39, 0.29) is 18.1 Å². The molecule has 2 amide bonds. The molecule has 0 saturated carbocycles. The summed E-state index contributed by atoms with van der Waals surface area (Å²) in [4.78, 5) is 23.2. The number of benzene rings is 1. The summed E-state index contributed by atoms with van der Waals surface area (Å²) in [6.45, 7) is 10.1. The van der Waals surface area contributed by atoms with Crippen molar-refractivity contribution in [3.05, 3.63) is 23.5 Å². The summed E-state index contributed by atoms with van der Waals surface area (Å²) < 4.78 is 15.4. The molecule has 1 heterocycles. The predicted octanol–water partition coefficient (Wildman–Crippen LogP) is 3.17. The molecule has 0 bridgehead atoms. The molecule has 0 aliphatic heterocycles. The largest absolute Gasteiger partial charge is 0.357 e. The summed E-state index contributed by atoms with van der Waals surface area (Å²) in [6, 6.07) is 3.20. The van der Waals surface area contributed by atoms with Crippen molar-refractivity contribution in [1.29, 1.82) is 0 Å². The van der Waals surface area contributed by atoms with Crippen molar-refractivity contribution in [3.8, 4) is 0 Å². The molecule has 7 heteroatoms. The van der Waals surface area contributed by atoms with E-state index in [4.69, 9.17) is 0 Å². The fraction of sp³-hybridized carbons (Fsp3) is 0.500. The normalized spacial score (nSPS) is 9.44. The Balaban J connectivity index is 0.00000134. The van der Waals surface area contributed by atoms with Crippen molar-refractivity contribution in [2.45, 2.75) is 41.0 Å². The third kappa shape index (κ3) is 5.85. The Kier molecular flexibility index (Phi) is 10.1. The van der Waals surface area contributed by atoms with Gasteiger partial charge < -0.3 is 4.90 Å². The van der Waals surface area contributed by atoms with Crippen LogP contribution in [0.4, 0.5) is 10.2 Å². The van der Waals surface area contributed by atoms with Crippen molar-refractivity contribution in [1.82, 2.24) is 15.1 Å². The van der Waals surface area contributed by atoms with Crippen molar-refractivity contribution in [3.63, 3.8) is 0 Å². The molecule has 1 aromatic heterocycles. The van der Waals surface area contributed by atoms with Crippen molar-refractivity contribution >= 4 is 29.0 Å². The van der Waals surface area contributed by atoms with Crippen LogP contribution in [0.5, 0.6) is 0 Å². The van der Waals surface area contributed by atoms with E-state index in [1.165, 1.54) is 6.07 Å². The molecule has 6 nitrogen and oxygen atoms in total. The van der Waals surface area contributed by atoms with E-state index in [9.17, 15) is 14.0 Å². The number of halogens is 1. The lowest BCUT2D eigenvalue weighted by molar-refractivity contribution is -0.125. The minimum Gasteiger partial charge on any atom is -0.357 e. The first-order valence-electron chi connectivity index (χ1n) is 8.51. The van der Waals surface area contributed by atoms with Gasteiger partial charge in [-0.15, -0.1) is 0 Å². The molecule has 0 aliphatic carbocycles. The molecule has 140 valence electrons. The van der Waals surface area contributed by atoms with E-state index >= 15 is 0 Å². The maximum Gasteiger partial charge on any atom is 0.228 e. The lowest BCUT2D eigenvalue weighted by Gasteiger charge is -2.16. The number of nitrogens with zero attached hydrogens (tertiary/aromatic N) is 3. The summed E-state index contributed by atoms with van der Waals surface area (Å²) in [6.07, 6.45) is 0.512. The maximum absolute atomic E-state index is 13.8. The third-order valence-corrected chi connectivity index (χ3v) is 3.37. The molecule has 2 rings (SSSR count). The number of hydrogen-bond acceptors (Lipinski definition) is 4. The van der Waals surface area contributed by atoms with Crippen LogP contribution in [0.1, 0.15) is 39.7 Å². The van der Waals surface area contributed by atoms with Gasteiger partial charge in [-0.05, 0) is 24.6 Å². The molecule has 1 aromatic carbocycles. The van der Waals surface area contributed by atoms with Gasteiger partial charge in [-0.25, -0.2) is 4.39 Å². The Bertz CT molecular complexity index is 698. The van der Waals surface area contributed by atoms with Crippen LogP contribution in [0.25, 0.3) is 10.9 Å². The van der Waals surface area contributed by atoms with Gasteiger partial charge in [0, 0.05) is 32.4 Å². The van der Waals surface area contributed by atoms with Crippen LogP contribution < -0.4 is 10.2 Å². The minimum absolute atomic E-state index is 0.154. The number of carbonyl (C=O) groups excluding carboxylic acids is 2. The number of aromatic nitrogens is 2. The van der Waals surface area contributed by atoms with Crippen LogP contribution in [0.3, 0.4) is 0 Å². The molecule has 0 unspecified atom stereocenters. The first-order chi connectivity index (χ1) is 11.9. The molecule has 0 aliphatic rings. The second-order valence-electron chi connectivity index (χ2n) is 4.92. The summed E-state index contributed by atoms with van der Waals surface area (Å²) in [7, 11) is 3.56. The highest BCUT2D eigenvalue weighted by Crippen LogP contribution is 2.27. The minimum atomic E-state index is -0.362. The molecule has 2 aromatic rings. The number of anilines is 1.